The lowest BCUT2D eigenvalue weighted by atomic mass is 10.2. The average Bonchev–Trinajstić information content (AvgIpc) is 2.24. The van der Waals surface area contributed by atoms with Crippen LogP contribution in [0.15, 0.2) is 23.1 Å². The molecule has 0 aromatic heterocycles. The maximum Gasteiger partial charge on any atom is 0.247 e. The van der Waals surface area contributed by atoms with Crippen molar-refractivity contribution in [3.8, 4) is 5.75 Å². The molecule has 0 radical (unpaired) electrons. The molecule has 1 aliphatic heterocycles. The van der Waals surface area contributed by atoms with Gasteiger partial charge in [0, 0.05) is 18.8 Å². The summed E-state index contributed by atoms with van der Waals surface area (Å²) in [6.07, 6.45) is -0.586. The Morgan fingerprint density at radius 2 is 2.12 bits per heavy atom. The highest BCUT2D eigenvalue weighted by Crippen LogP contribution is 2.30. The van der Waals surface area contributed by atoms with E-state index in [0.717, 1.165) is 0 Å². The number of methoxy groups -OCH3 is 1. The molecule has 0 amide bonds. The number of hydrogen-bond acceptors (Lipinski definition) is 5. The minimum Gasteiger partial charge on any atom is -0.495 e. The predicted octanol–water partition coefficient (Wildman–Crippen LogP) is -0.357. The van der Waals surface area contributed by atoms with E-state index in [1.165, 1.54) is 23.5 Å². The van der Waals surface area contributed by atoms with Crippen LogP contribution in [0.4, 0.5) is 5.69 Å². The molecule has 2 rings (SSSR count). The summed E-state index contributed by atoms with van der Waals surface area (Å²) in [5.74, 6) is 0.251. The quantitative estimate of drug-likeness (QED) is 0.722. The summed E-state index contributed by atoms with van der Waals surface area (Å²) in [6, 6.07) is 4.44. The molecule has 94 valence electrons. The lowest BCUT2D eigenvalue weighted by molar-refractivity contribution is 0.0547. The fraction of sp³-hybridized carbons (Fsp3) is 0.400. The Morgan fingerprint density at radius 3 is 2.65 bits per heavy atom. The first-order valence-corrected chi connectivity index (χ1v) is 6.51. The van der Waals surface area contributed by atoms with Gasteiger partial charge in [-0.1, -0.05) is 0 Å². The van der Waals surface area contributed by atoms with E-state index in [-0.39, 0.29) is 23.7 Å². The second-order valence-corrected chi connectivity index (χ2v) is 5.79. The largest absolute Gasteiger partial charge is 0.495 e. The van der Waals surface area contributed by atoms with Crippen LogP contribution < -0.4 is 10.5 Å². The number of aliphatic hydroxyl groups excluding tert-OH is 1. The van der Waals surface area contributed by atoms with Crippen LogP contribution in [-0.4, -0.2) is 44.1 Å². The Morgan fingerprint density at radius 1 is 1.47 bits per heavy atom. The highest BCUT2D eigenvalue weighted by atomic mass is 32.2. The SMILES string of the molecule is COc1ccc(N)cc1S(=O)(=O)N1CC(O)C1. The lowest BCUT2D eigenvalue weighted by Gasteiger charge is -2.34. The summed E-state index contributed by atoms with van der Waals surface area (Å²) in [6.45, 7) is 0.223. The molecule has 0 bridgehead atoms. The summed E-state index contributed by atoms with van der Waals surface area (Å²) in [5.41, 5.74) is 5.93. The normalized spacial score (nSPS) is 17.8. The number of hydrogen-bond donors (Lipinski definition) is 2. The van der Waals surface area contributed by atoms with Crippen LogP contribution >= 0.6 is 0 Å². The van der Waals surface area contributed by atoms with Crippen molar-refractivity contribution in [2.75, 3.05) is 25.9 Å². The van der Waals surface area contributed by atoms with Crippen LogP contribution in [0.2, 0.25) is 0 Å². The Labute approximate surface area is 99.7 Å². The van der Waals surface area contributed by atoms with Crippen LogP contribution in [0.1, 0.15) is 0 Å². The molecule has 3 N–H and O–H groups in total. The Balaban J connectivity index is 2.42. The van der Waals surface area contributed by atoms with E-state index in [9.17, 15) is 8.42 Å². The topological polar surface area (TPSA) is 92.9 Å². The maximum absolute atomic E-state index is 12.2. The fourth-order valence-electron chi connectivity index (χ4n) is 1.65. The van der Waals surface area contributed by atoms with Crippen LogP contribution in [0.25, 0.3) is 0 Å². The molecule has 0 atom stereocenters. The number of sulfonamides is 1. The van der Waals surface area contributed by atoms with Crippen LogP contribution in [-0.2, 0) is 10.0 Å². The van der Waals surface area contributed by atoms with Gasteiger partial charge in [0.15, 0.2) is 0 Å². The minimum atomic E-state index is -3.63. The number of aliphatic hydroxyl groups is 1. The number of rotatable bonds is 3. The van der Waals surface area contributed by atoms with Gasteiger partial charge in [0.2, 0.25) is 10.0 Å². The Bertz CT molecular complexity index is 523. The average molecular weight is 258 g/mol. The zero-order chi connectivity index (χ0) is 12.6. The summed E-state index contributed by atoms with van der Waals surface area (Å²) < 4.78 is 30.5. The van der Waals surface area contributed by atoms with E-state index in [1.54, 1.807) is 6.07 Å². The van der Waals surface area contributed by atoms with Crippen LogP contribution in [0.5, 0.6) is 5.75 Å². The van der Waals surface area contributed by atoms with Crippen molar-refractivity contribution < 1.29 is 18.3 Å². The molecule has 1 aliphatic rings. The number of nitrogens with zero attached hydrogens (tertiary/aromatic N) is 1. The van der Waals surface area contributed by atoms with Gasteiger partial charge in [-0.2, -0.15) is 4.31 Å². The van der Waals surface area contributed by atoms with Crippen molar-refractivity contribution in [1.82, 2.24) is 4.31 Å². The molecule has 1 aromatic rings. The highest BCUT2D eigenvalue weighted by Gasteiger charge is 2.37. The lowest BCUT2D eigenvalue weighted by Crippen LogP contribution is -2.53. The van der Waals surface area contributed by atoms with Gasteiger partial charge in [-0.25, -0.2) is 8.42 Å². The molecule has 0 saturated carbocycles. The zero-order valence-electron chi connectivity index (χ0n) is 9.33. The van der Waals surface area contributed by atoms with Gasteiger partial charge in [0.05, 0.1) is 13.2 Å². The molecule has 6 nitrogen and oxygen atoms in total. The third-order valence-corrected chi connectivity index (χ3v) is 4.49. The molecular weight excluding hydrogens is 244 g/mol. The van der Waals surface area contributed by atoms with E-state index < -0.39 is 16.1 Å². The summed E-state index contributed by atoms with van der Waals surface area (Å²) >= 11 is 0. The van der Waals surface area contributed by atoms with Crippen molar-refractivity contribution in [3.05, 3.63) is 18.2 Å². The summed E-state index contributed by atoms with van der Waals surface area (Å²) in [4.78, 5) is 0.0342. The van der Waals surface area contributed by atoms with Crippen molar-refractivity contribution in [3.63, 3.8) is 0 Å². The van der Waals surface area contributed by atoms with E-state index >= 15 is 0 Å². The van der Waals surface area contributed by atoms with Gasteiger partial charge in [-0.05, 0) is 18.2 Å². The molecule has 1 aromatic carbocycles. The van der Waals surface area contributed by atoms with Gasteiger partial charge >= 0.3 is 0 Å². The van der Waals surface area contributed by atoms with E-state index in [0.29, 0.717) is 5.69 Å². The molecule has 0 unspecified atom stereocenters. The van der Waals surface area contributed by atoms with Gasteiger partial charge < -0.3 is 15.6 Å². The van der Waals surface area contributed by atoms with Gasteiger partial charge in [0.25, 0.3) is 0 Å². The third kappa shape index (κ3) is 2.08. The van der Waals surface area contributed by atoms with E-state index in [1.807, 2.05) is 0 Å². The molecule has 17 heavy (non-hydrogen) atoms. The van der Waals surface area contributed by atoms with Crippen LogP contribution in [0, 0.1) is 0 Å². The minimum absolute atomic E-state index is 0.0342. The van der Waals surface area contributed by atoms with Gasteiger partial charge in [-0.3, -0.25) is 0 Å². The number of anilines is 1. The van der Waals surface area contributed by atoms with Crippen LogP contribution in [0.3, 0.4) is 0 Å². The fourth-order valence-corrected chi connectivity index (χ4v) is 3.35. The Kier molecular flexibility index (Phi) is 2.98. The molecule has 1 heterocycles. The van der Waals surface area contributed by atoms with Crippen molar-refractivity contribution in [2.24, 2.45) is 0 Å². The first kappa shape index (κ1) is 12.2. The van der Waals surface area contributed by atoms with Crippen molar-refractivity contribution in [2.45, 2.75) is 11.0 Å². The highest BCUT2D eigenvalue weighted by molar-refractivity contribution is 7.89. The monoisotopic (exact) mass is 258 g/mol. The first-order chi connectivity index (χ1) is 7.95. The van der Waals surface area contributed by atoms with Gasteiger partial charge in [-0.15, -0.1) is 0 Å². The second-order valence-electron chi connectivity index (χ2n) is 3.89. The van der Waals surface area contributed by atoms with Crippen molar-refractivity contribution in [1.29, 1.82) is 0 Å². The van der Waals surface area contributed by atoms with Gasteiger partial charge in [0.1, 0.15) is 10.6 Å². The van der Waals surface area contributed by atoms with Crippen molar-refractivity contribution >= 4 is 15.7 Å². The molecule has 1 fully saturated rings. The third-order valence-electron chi connectivity index (χ3n) is 2.63. The molecule has 0 aliphatic carbocycles. The maximum atomic E-state index is 12.2. The molecule has 1 saturated heterocycles. The standard InChI is InChI=1S/C10H14N2O4S/c1-16-9-3-2-7(11)4-10(9)17(14,15)12-5-8(13)6-12/h2-4,8,13H,5-6,11H2,1H3. The zero-order valence-corrected chi connectivity index (χ0v) is 10.1. The van der Waals surface area contributed by atoms with E-state index in [2.05, 4.69) is 0 Å². The number of nitrogen functional groups attached to an aromatic ring is 1. The van der Waals surface area contributed by atoms with E-state index in [4.69, 9.17) is 15.6 Å². The number of nitrogens with two attached hydrogens (primary N) is 1. The summed E-state index contributed by atoms with van der Waals surface area (Å²) in [7, 11) is -2.23. The number of benzene rings is 1. The molecule has 0 spiro atoms. The second kappa shape index (κ2) is 4.17. The first-order valence-electron chi connectivity index (χ1n) is 5.07. The molecule has 7 heteroatoms. The summed E-state index contributed by atoms with van der Waals surface area (Å²) in [5, 5.41) is 9.15. The smallest absolute Gasteiger partial charge is 0.247 e. The molecular formula is C10H14N2O4S. The Hall–Kier alpha value is -1.31. The number of ether oxygens (including phenoxy) is 1. The number of β-amino-alcohol motifs (C(OH)–C–C–N with tert-alkyl or cyclic N) is 1. The predicted molar refractivity (Wildman–Crippen MR) is 62.2 cm³/mol.